The van der Waals surface area contributed by atoms with Gasteiger partial charge in [-0.1, -0.05) is 21.1 Å². The SMILES string of the molecule is O=C(CCc1nc(-c2ccc(Br)cc2)no1)Nc1ccc(I)cc1. The number of anilines is 1. The van der Waals surface area contributed by atoms with E-state index in [0.717, 1.165) is 19.3 Å². The minimum absolute atomic E-state index is 0.0837. The zero-order valence-corrected chi connectivity index (χ0v) is 16.2. The molecule has 1 aromatic heterocycles. The Balaban J connectivity index is 1.56. The van der Waals surface area contributed by atoms with E-state index in [1.54, 1.807) is 0 Å². The van der Waals surface area contributed by atoms with Gasteiger partial charge in [-0.2, -0.15) is 4.98 Å². The molecule has 1 heterocycles. The summed E-state index contributed by atoms with van der Waals surface area (Å²) < 4.78 is 7.32. The molecule has 0 atom stereocenters. The van der Waals surface area contributed by atoms with Gasteiger partial charge in [0.05, 0.1) is 0 Å². The molecule has 0 unspecified atom stereocenters. The molecule has 24 heavy (non-hydrogen) atoms. The summed E-state index contributed by atoms with van der Waals surface area (Å²) in [4.78, 5) is 16.3. The largest absolute Gasteiger partial charge is 0.339 e. The van der Waals surface area contributed by atoms with Crippen LogP contribution in [0, 0.1) is 3.57 Å². The van der Waals surface area contributed by atoms with E-state index in [9.17, 15) is 4.79 Å². The van der Waals surface area contributed by atoms with Gasteiger partial charge in [0.25, 0.3) is 0 Å². The van der Waals surface area contributed by atoms with Crippen LogP contribution in [0.1, 0.15) is 12.3 Å². The number of aryl methyl sites for hydroxylation is 1. The summed E-state index contributed by atoms with van der Waals surface area (Å²) in [6.07, 6.45) is 0.688. The molecule has 3 rings (SSSR count). The summed E-state index contributed by atoms with van der Waals surface area (Å²) in [5.41, 5.74) is 1.65. The van der Waals surface area contributed by atoms with Crippen LogP contribution in [0.25, 0.3) is 11.4 Å². The van der Waals surface area contributed by atoms with Crippen LogP contribution in [0.2, 0.25) is 0 Å². The highest BCUT2D eigenvalue weighted by Crippen LogP contribution is 2.19. The van der Waals surface area contributed by atoms with Crippen molar-refractivity contribution in [3.63, 3.8) is 0 Å². The lowest BCUT2D eigenvalue weighted by atomic mass is 10.2. The Morgan fingerprint density at radius 1 is 1.12 bits per heavy atom. The van der Waals surface area contributed by atoms with Crippen molar-refractivity contribution < 1.29 is 9.32 Å². The first-order valence-electron chi connectivity index (χ1n) is 7.24. The topological polar surface area (TPSA) is 68.0 Å². The van der Waals surface area contributed by atoms with Crippen molar-refractivity contribution in [3.05, 3.63) is 62.5 Å². The van der Waals surface area contributed by atoms with Crippen LogP contribution in [-0.4, -0.2) is 16.0 Å². The Labute approximate surface area is 161 Å². The maximum absolute atomic E-state index is 12.0. The Hall–Kier alpha value is -1.74. The van der Waals surface area contributed by atoms with Crippen molar-refractivity contribution in [2.45, 2.75) is 12.8 Å². The number of carbonyl (C=O) groups excluding carboxylic acids is 1. The van der Waals surface area contributed by atoms with Gasteiger partial charge in [0.1, 0.15) is 0 Å². The molecule has 2 aromatic carbocycles. The van der Waals surface area contributed by atoms with Crippen LogP contribution in [0.3, 0.4) is 0 Å². The zero-order valence-electron chi connectivity index (χ0n) is 12.5. The Kier molecular flexibility index (Phi) is 5.62. The van der Waals surface area contributed by atoms with Crippen molar-refractivity contribution in [2.24, 2.45) is 0 Å². The number of rotatable bonds is 5. The van der Waals surface area contributed by atoms with Crippen LogP contribution < -0.4 is 5.32 Å². The summed E-state index contributed by atoms with van der Waals surface area (Å²) in [5, 5.41) is 6.80. The summed E-state index contributed by atoms with van der Waals surface area (Å²) in [6, 6.07) is 15.3. The third kappa shape index (κ3) is 4.64. The molecule has 0 aliphatic rings. The fourth-order valence-electron chi connectivity index (χ4n) is 2.05. The van der Waals surface area contributed by atoms with Gasteiger partial charge in [0.2, 0.25) is 17.6 Å². The molecule has 0 radical (unpaired) electrons. The second kappa shape index (κ2) is 7.89. The van der Waals surface area contributed by atoms with Crippen molar-refractivity contribution >= 4 is 50.1 Å². The van der Waals surface area contributed by atoms with Gasteiger partial charge >= 0.3 is 0 Å². The fourth-order valence-corrected chi connectivity index (χ4v) is 2.67. The van der Waals surface area contributed by atoms with E-state index in [4.69, 9.17) is 4.52 Å². The number of nitrogens with one attached hydrogen (secondary N) is 1. The Morgan fingerprint density at radius 3 is 2.54 bits per heavy atom. The summed E-state index contributed by atoms with van der Waals surface area (Å²) in [5.74, 6) is 0.890. The lowest BCUT2D eigenvalue weighted by molar-refractivity contribution is -0.116. The number of aromatic nitrogens is 2. The van der Waals surface area contributed by atoms with Gasteiger partial charge in [0, 0.05) is 32.1 Å². The highest BCUT2D eigenvalue weighted by Gasteiger charge is 2.11. The Bertz CT molecular complexity index is 832. The number of hydrogen-bond acceptors (Lipinski definition) is 4. The van der Waals surface area contributed by atoms with Crippen molar-refractivity contribution in [2.75, 3.05) is 5.32 Å². The zero-order chi connectivity index (χ0) is 16.9. The molecule has 122 valence electrons. The molecule has 0 fully saturated rings. The minimum Gasteiger partial charge on any atom is -0.339 e. The standard InChI is InChI=1S/C17H13BrIN3O2/c18-12-3-1-11(2-4-12)17-21-16(24-22-17)10-9-15(23)20-14-7-5-13(19)6-8-14/h1-8H,9-10H2,(H,20,23). The maximum atomic E-state index is 12.0. The average molecular weight is 498 g/mol. The first-order valence-corrected chi connectivity index (χ1v) is 9.11. The highest BCUT2D eigenvalue weighted by molar-refractivity contribution is 14.1. The minimum atomic E-state index is -0.0837. The molecule has 0 saturated carbocycles. The molecule has 5 nitrogen and oxygen atoms in total. The predicted octanol–water partition coefficient (Wildman–Crippen LogP) is 4.68. The molecule has 0 aliphatic heterocycles. The van der Waals surface area contributed by atoms with Crippen molar-refractivity contribution in [1.29, 1.82) is 0 Å². The monoisotopic (exact) mass is 497 g/mol. The number of hydrogen-bond donors (Lipinski definition) is 1. The van der Waals surface area contributed by atoms with Crippen LogP contribution in [0.15, 0.2) is 57.5 Å². The number of amides is 1. The summed E-state index contributed by atoms with van der Waals surface area (Å²) in [6.45, 7) is 0. The highest BCUT2D eigenvalue weighted by atomic mass is 127. The Morgan fingerprint density at radius 2 is 1.83 bits per heavy atom. The molecule has 0 bridgehead atoms. The number of benzene rings is 2. The summed E-state index contributed by atoms with van der Waals surface area (Å²) in [7, 11) is 0. The predicted molar refractivity (Wildman–Crippen MR) is 104 cm³/mol. The van der Waals surface area contributed by atoms with Gasteiger partial charge in [-0.25, -0.2) is 0 Å². The van der Waals surface area contributed by atoms with E-state index in [0.29, 0.717) is 18.1 Å². The smallest absolute Gasteiger partial charge is 0.227 e. The van der Waals surface area contributed by atoms with Crippen LogP contribution in [0.4, 0.5) is 5.69 Å². The molecule has 7 heteroatoms. The normalized spacial score (nSPS) is 10.6. The molecular weight excluding hydrogens is 485 g/mol. The number of carbonyl (C=O) groups is 1. The van der Waals surface area contributed by atoms with Crippen LogP contribution in [0.5, 0.6) is 0 Å². The molecule has 3 aromatic rings. The van der Waals surface area contributed by atoms with Crippen molar-refractivity contribution in [3.8, 4) is 11.4 Å². The van der Waals surface area contributed by atoms with Gasteiger partial charge in [-0.05, 0) is 71.1 Å². The second-order valence-electron chi connectivity index (χ2n) is 5.07. The van der Waals surface area contributed by atoms with E-state index in [1.165, 1.54) is 0 Å². The third-order valence-corrected chi connectivity index (χ3v) is 4.51. The first kappa shape index (κ1) is 17.1. The van der Waals surface area contributed by atoms with E-state index >= 15 is 0 Å². The van der Waals surface area contributed by atoms with Crippen LogP contribution >= 0.6 is 38.5 Å². The average Bonchev–Trinajstić information content (AvgIpc) is 3.05. The maximum Gasteiger partial charge on any atom is 0.227 e. The second-order valence-corrected chi connectivity index (χ2v) is 7.23. The number of nitrogens with zero attached hydrogens (tertiary/aromatic N) is 2. The molecule has 1 N–H and O–H groups in total. The number of halogens is 2. The fraction of sp³-hybridized carbons (Fsp3) is 0.118. The molecule has 0 spiro atoms. The van der Waals surface area contributed by atoms with Gasteiger partial charge in [-0.3, -0.25) is 4.79 Å². The lowest BCUT2D eigenvalue weighted by Gasteiger charge is -2.03. The quantitative estimate of drug-likeness (QED) is 0.520. The van der Waals surface area contributed by atoms with Gasteiger partial charge in [-0.15, -0.1) is 0 Å². The lowest BCUT2D eigenvalue weighted by Crippen LogP contribution is -2.12. The van der Waals surface area contributed by atoms with E-state index < -0.39 is 0 Å². The first-order chi connectivity index (χ1) is 11.6. The van der Waals surface area contributed by atoms with Crippen LogP contribution in [-0.2, 0) is 11.2 Å². The molecule has 1 amide bonds. The van der Waals surface area contributed by atoms with E-state index in [-0.39, 0.29) is 12.3 Å². The molecule has 0 saturated heterocycles. The van der Waals surface area contributed by atoms with Crippen molar-refractivity contribution in [1.82, 2.24) is 10.1 Å². The van der Waals surface area contributed by atoms with E-state index in [1.807, 2.05) is 48.5 Å². The van der Waals surface area contributed by atoms with Gasteiger partial charge in [0.15, 0.2) is 0 Å². The summed E-state index contributed by atoms with van der Waals surface area (Å²) >= 11 is 5.61. The van der Waals surface area contributed by atoms with E-state index in [2.05, 4.69) is 54.0 Å². The molecular formula is C17H13BrIN3O2. The van der Waals surface area contributed by atoms with Gasteiger partial charge < -0.3 is 9.84 Å². The molecule has 0 aliphatic carbocycles. The third-order valence-electron chi connectivity index (χ3n) is 3.26.